The van der Waals surface area contributed by atoms with E-state index in [2.05, 4.69) is 0 Å². The van der Waals surface area contributed by atoms with Crippen LogP contribution in [0.25, 0.3) is 0 Å². The van der Waals surface area contributed by atoms with Crippen LogP contribution in [0.15, 0.2) is 0 Å². The average molecular weight is 242 g/mol. The van der Waals surface area contributed by atoms with Gasteiger partial charge < -0.3 is 18.9 Å². The normalized spacial score (nSPS) is 35.3. The second-order valence-corrected chi connectivity index (χ2v) is 5.36. The van der Waals surface area contributed by atoms with Crippen molar-refractivity contribution < 1.29 is 18.9 Å². The van der Waals surface area contributed by atoms with Crippen LogP contribution in [-0.2, 0) is 18.9 Å². The first-order chi connectivity index (χ1) is 8.36. The van der Waals surface area contributed by atoms with Crippen LogP contribution in [0, 0.1) is 0 Å². The van der Waals surface area contributed by atoms with Crippen LogP contribution >= 0.6 is 0 Å². The SMILES string of the molecule is C1CCC(OCCOC2COC3(CC3)C2)OC1. The molecule has 3 aliphatic rings. The Balaban J connectivity index is 1.25. The smallest absolute Gasteiger partial charge is 0.157 e. The van der Waals surface area contributed by atoms with Crippen molar-refractivity contribution in [1.82, 2.24) is 0 Å². The van der Waals surface area contributed by atoms with Gasteiger partial charge in [-0.05, 0) is 32.1 Å². The van der Waals surface area contributed by atoms with Crippen LogP contribution in [0.5, 0.6) is 0 Å². The first kappa shape index (κ1) is 11.9. The maximum atomic E-state index is 5.76. The van der Waals surface area contributed by atoms with Crippen molar-refractivity contribution in [3.05, 3.63) is 0 Å². The molecule has 3 fully saturated rings. The van der Waals surface area contributed by atoms with Crippen LogP contribution < -0.4 is 0 Å². The molecule has 3 rings (SSSR count). The summed E-state index contributed by atoms with van der Waals surface area (Å²) in [5.74, 6) is 0. The summed E-state index contributed by atoms with van der Waals surface area (Å²) in [5.41, 5.74) is 0.220. The predicted octanol–water partition coefficient (Wildman–Crippen LogP) is 1.87. The highest BCUT2D eigenvalue weighted by Gasteiger charge is 2.50. The Morgan fingerprint density at radius 3 is 2.71 bits per heavy atom. The molecule has 0 aromatic heterocycles. The van der Waals surface area contributed by atoms with Gasteiger partial charge in [0.25, 0.3) is 0 Å². The molecule has 4 nitrogen and oxygen atoms in total. The zero-order valence-electron chi connectivity index (χ0n) is 10.4. The van der Waals surface area contributed by atoms with Crippen molar-refractivity contribution in [2.45, 2.75) is 56.5 Å². The summed E-state index contributed by atoms with van der Waals surface area (Å²) in [4.78, 5) is 0. The van der Waals surface area contributed by atoms with Crippen molar-refractivity contribution >= 4 is 0 Å². The van der Waals surface area contributed by atoms with Gasteiger partial charge >= 0.3 is 0 Å². The highest BCUT2D eigenvalue weighted by molar-refractivity contribution is 5.01. The summed E-state index contributed by atoms with van der Waals surface area (Å²) in [6, 6.07) is 0. The van der Waals surface area contributed by atoms with Crippen molar-refractivity contribution in [1.29, 1.82) is 0 Å². The topological polar surface area (TPSA) is 36.9 Å². The molecule has 2 atom stereocenters. The average Bonchev–Trinajstić information content (AvgIpc) is 2.99. The van der Waals surface area contributed by atoms with Gasteiger partial charge in [-0.2, -0.15) is 0 Å². The van der Waals surface area contributed by atoms with Crippen LogP contribution in [0.1, 0.15) is 38.5 Å². The fourth-order valence-electron chi connectivity index (χ4n) is 2.63. The third kappa shape index (κ3) is 3.19. The molecule has 0 radical (unpaired) electrons. The number of hydrogen-bond acceptors (Lipinski definition) is 4. The molecule has 1 aliphatic carbocycles. The zero-order chi connectivity index (χ0) is 11.6. The maximum absolute atomic E-state index is 5.76. The van der Waals surface area contributed by atoms with Crippen LogP contribution in [0.3, 0.4) is 0 Å². The van der Waals surface area contributed by atoms with Crippen molar-refractivity contribution in [3.8, 4) is 0 Å². The lowest BCUT2D eigenvalue weighted by Crippen LogP contribution is -2.25. The van der Waals surface area contributed by atoms with Gasteiger partial charge in [-0.1, -0.05) is 0 Å². The molecule has 0 N–H and O–H groups in total. The highest BCUT2D eigenvalue weighted by atomic mass is 16.7. The number of rotatable bonds is 5. The number of hydrogen-bond donors (Lipinski definition) is 0. The lowest BCUT2D eigenvalue weighted by Gasteiger charge is -2.22. The van der Waals surface area contributed by atoms with Gasteiger partial charge in [0, 0.05) is 13.0 Å². The van der Waals surface area contributed by atoms with Crippen molar-refractivity contribution in [2.24, 2.45) is 0 Å². The minimum atomic E-state index is 0.00181. The quantitative estimate of drug-likeness (QED) is 0.690. The molecule has 0 bridgehead atoms. The maximum Gasteiger partial charge on any atom is 0.157 e. The van der Waals surface area contributed by atoms with Crippen LogP contribution in [0.4, 0.5) is 0 Å². The minimum Gasteiger partial charge on any atom is -0.373 e. The molecule has 1 spiro atoms. The molecule has 0 aromatic carbocycles. The molecular weight excluding hydrogens is 220 g/mol. The molecule has 2 aliphatic heterocycles. The molecule has 98 valence electrons. The molecule has 2 unspecified atom stereocenters. The summed E-state index contributed by atoms with van der Waals surface area (Å²) in [5, 5.41) is 0. The second-order valence-electron chi connectivity index (χ2n) is 5.36. The van der Waals surface area contributed by atoms with Crippen molar-refractivity contribution in [3.63, 3.8) is 0 Å². The van der Waals surface area contributed by atoms with E-state index in [1.807, 2.05) is 0 Å². The minimum absolute atomic E-state index is 0.00181. The summed E-state index contributed by atoms with van der Waals surface area (Å²) < 4.78 is 22.6. The summed E-state index contributed by atoms with van der Waals surface area (Å²) in [6.45, 7) is 2.89. The largest absolute Gasteiger partial charge is 0.373 e. The summed E-state index contributed by atoms with van der Waals surface area (Å²) in [7, 11) is 0. The Labute approximate surface area is 103 Å². The second kappa shape index (κ2) is 5.22. The van der Waals surface area contributed by atoms with Gasteiger partial charge in [0.15, 0.2) is 6.29 Å². The van der Waals surface area contributed by atoms with Gasteiger partial charge in [0.05, 0.1) is 31.5 Å². The van der Waals surface area contributed by atoms with E-state index in [0.717, 1.165) is 32.5 Å². The first-order valence-electron chi connectivity index (χ1n) is 6.85. The lowest BCUT2D eigenvalue weighted by molar-refractivity contribution is -0.171. The monoisotopic (exact) mass is 242 g/mol. The summed E-state index contributed by atoms with van der Waals surface area (Å²) >= 11 is 0. The van der Waals surface area contributed by atoms with Gasteiger partial charge in [-0.3, -0.25) is 0 Å². The molecule has 4 heteroatoms. The Bertz CT molecular complexity index is 246. The van der Waals surface area contributed by atoms with Gasteiger partial charge in [-0.25, -0.2) is 0 Å². The summed E-state index contributed by atoms with van der Waals surface area (Å²) in [6.07, 6.45) is 7.21. The third-order valence-corrected chi connectivity index (χ3v) is 3.86. The fourth-order valence-corrected chi connectivity index (χ4v) is 2.63. The van der Waals surface area contributed by atoms with Crippen molar-refractivity contribution in [2.75, 3.05) is 26.4 Å². The van der Waals surface area contributed by atoms with E-state index in [4.69, 9.17) is 18.9 Å². The predicted molar refractivity (Wildman–Crippen MR) is 61.8 cm³/mol. The van der Waals surface area contributed by atoms with Gasteiger partial charge in [-0.15, -0.1) is 0 Å². The van der Waals surface area contributed by atoms with E-state index in [1.54, 1.807) is 0 Å². The van der Waals surface area contributed by atoms with Crippen LogP contribution in [-0.4, -0.2) is 44.4 Å². The molecule has 2 saturated heterocycles. The molecule has 2 heterocycles. The Morgan fingerprint density at radius 2 is 2.00 bits per heavy atom. The molecule has 0 aromatic rings. The van der Waals surface area contributed by atoms with E-state index in [1.165, 1.54) is 19.3 Å². The van der Waals surface area contributed by atoms with E-state index >= 15 is 0 Å². The van der Waals surface area contributed by atoms with Gasteiger partial charge in [0.1, 0.15) is 0 Å². The van der Waals surface area contributed by atoms with E-state index < -0.39 is 0 Å². The van der Waals surface area contributed by atoms with E-state index in [0.29, 0.717) is 13.2 Å². The fraction of sp³-hybridized carbons (Fsp3) is 1.00. The standard InChI is InChI=1S/C13H22O4/c1-2-6-15-12(3-1)16-8-7-14-11-9-13(4-5-13)17-10-11/h11-12H,1-10H2. The van der Waals surface area contributed by atoms with E-state index in [9.17, 15) is 0 Å². The lowest BCUT2D eigenvalue weighted by atomic mass is 10.2. The van der Waals surface area contributed by atoms with E-state index in [-0.39, 0.29) is 18.0 Å². The molecule has 17 heavy (non-hydrogen) atoms. The highest BCUT2D eigenvalue weighted by Crippen LogP contribution is 2.47. The zero-order valence-corrected chi connectivity index (χ0v) is 10.4. The van der Waals surface area contributed by atoms with Gasteiger partial charge in [0.2, 0.25) is 0 Å². The molecule has 0 amide bonds. The Morgan fingerprint density at radius 1 is 1.12 bits per heavy atom. The Hall–Kier alpha value is -0.160. The molecular formula is C13H22O4. The Kier molecular flexibility index (Phi) is 3.66. The number of ether oxygens (including phenoxy) is 4. The third-order valence-electron chi connectivity index (χ3n) is 3.86. The van der Waals surface area contributed by atoms with Crippen LogP contribution in [0.2, 0.25) is 0 Å². The first-order valence-corrected chi connectivity index (χ1v) is 6.85. The molecule has 1 saturated carbocycles.